The van der Waals surface area contributed by atoms with Crippen LogP contribution in [0.5, 0.6) is 0 Å². The number of esters is 1. The maximum atomic E-state index is 11.4. The van der Waals surface area contributed by atoms with Crippen molar-refractivity contribution in [2.75, 3.05) is 13.7 Å². The highest BCUT2D eigenvalue weighted by atomic mass is 16.5. The summed E-state index contributed by atoms with van der Waals surface area (Å²) in [5.74, 6) is -0.351. The highest BCUT2D eigenvalue weighted by molar-refractivity contribution is 5.88. The molecule has 2 unspecified atom stereocenters. The molecule has 110 valence electrons. The van der Waals surface area contributed by atoms with E-state index in [2.05, 4.69) is 21.5 Å². The second kappa shape index (κ2) is 6.81. The third-order valence-corrected chi connectivity index (χ3v) is 3.88. The first-order valence-electron chi connectivity index (χ1n) is 7.14. The Morgan fingerprint density at radius 1 is 1.55 bits per heavy atom. The molecule has 0 saturated carbocycles. The van der Waals surface area contributed by atoms with Gasteiger partial charge in [-0.3, -0.25) is 9.88 Å². The Morgan fingerprint density at radius 2 is 2.35 bits per heavy atom. The number of hydrogen-bond acceptors (Lipinski definition) is 5. The number of carbonyl (C=O) groups excluding carboxylic acids is 1. The maximum absolute atomic E-state index is 11.4. The molecule has 1 fully saturated rings. The van der Waals surface area contributed by atoms with Crippen LogP contribution in [0.15, 0.2) is 18.3 Å². The van der Waals surface area contributed by atoms with Gasteiger partial charge in [0.25, 0.3) is 0 Å². The van der Waals surface area contributed by atoms with Gasteiger partial charge in [0.2, 0.25) is 0 Å². The van der Waals surface area contributed by atoms with E-state index in [-0.39, 0.29) is 12.0 Å². The second-order valence-corrected chi connectivity index (χ2v) is 5.42. The van der Waals surface area contributed by atoms with Crippen LogP contribution in [0.2, 0.25) is 0 Å². The quantitative estimate of drug-likeness (QED) is 0.846. The number of carbonyl (C=O) groups is 1. The topological polar surface area (TPSA) is 68.5 Å². The highest BCUT2D eigenvalue weighted by Crippen LogP contribution is 2.20. The molecule has 1 aliphatic rings. The molecule has 0 spiro atoms. The molecule has 5 nitrogen and oxygen atoms in total. The van der Waals surface area contributed by atoms with Crippen molar-refractivity contribution in [2.45, 2.75) is 44.8 Å². The number of piperidine rings is 1. The summed E-state index contributed by atoms with van der Waals surface area (Å²) in [6.07, 6.45) is 5.19. The van der Waals surface area contributed by atoms with E-state index in [1.54, 1.807) is 12.3 Å². The molecule has 2 N–H and O–H groups in total. The summed E-state index contributed by atoms with van der Waals surface area (Å²) >= 11 is 0. The molecular weight excluding hydrogens is 254 g/mol. The number of ether oxygens (including phenoxy) is 1. The molecule has 2 heterocycles. The Hall–Kier alpha value is -1.46. The van der Waals surface area contributed by atoms with Crippen LogP contribution in [0.4, 0.5) is 0 Å². The summed E-state index contributed by atoms with van der Waals surface area (Å²) in [4.78, 5) is 18.1. The van der Waals surface area contributed by atoms with Crippen LogP contribution in [-0.4, -0.2) is 41.6 Å². The first-order valence-corrected chi connectivity index (χ1v) is 7.14. The van der Waals surface area contributed by atoms with Gasteiger partial charge < -0.3 is 10.5 Å². The fourth-order valence-corrected chi connectivity index (χ4v) is 2.77. The van der Waals surface area contributed by atoms with Crippen molar-refractivity contribution in [1.82, 2.24) is 9.88 Å². The average molecular weight is 277 g/mol. The Morgan fingerprint density at radius 3 is 2.95 bits per heavy atom. The number of likely N-dealkylation sites (tertiary alicyclic amines) is 1. The molecule has 1 aliphatic heterocycles. The van der Waals surface area contributed by atoms with E-state index in [4.69, 9.17) is 5.73 Å². The zero-order valence-corrected chi connectivity index (χ0v) is 12.2. The lowest BCUT2D eigenvalue weighted by Gasteiger charge is -2.37. The minimum absolute atomic E-state index is 0.171. The Balaban J connectivity index is 2.03. The molecule has 0 bridgehead atoms. The Kier molecular flexibility index (Phi) is 5.09. The van der Waals surface area contributed by atoms with Crippen molar-refractivity contribution in [3.05, 3.63) is 29.6 Å². The van der Waals surface area contributed by atoms with Crippen molar-refractivity contribution >= 4 is 5.97 Å². The normalized spacial score (nSPS) is 21.4. The van der Waals surface area contributed by atoms with Crippen LogP contribution in [-0.2, 0) is 11.3 Å². The van der Waals surface area contributed by atoms with E-state index >= 15 is 0 Å². The van der Waals surface area contributed by atoms with Crippen LogP contribution >= 0.6 is 0 Å². The van der Waals surface area contributed by atoms with Crippen molar-refractivity contribution in [3.8, 4) is 0 Å². The molecule has 0 aliphatic carbocycles. The van der Waals surface area contributed by atoms with Crippen molar-refractivity contribution < 1.29 is 9.53 Å². The molecule has 0 aromatic carbocycles. The summed E-state index contributed by atoms with van der Waals surface area (Å²) in [6, 6.07) is 4.24. The van der Waals surface area contributed by atoms with Gasteiger partial charge in [-0.05, 0) is 38.4 Å². The lowest BCUT2D eigenvalue weighted by Crippen LogP contribution is -2.48. The molecule has 1 saturated heterocycles. The summed E-state index contributed by atoms with van der Waals surface area (Å²) < 4.78 is 4.67. The second-order valence-electron chi connectivity index (χ2n) is 5.42. The number of methoxy groups -OCH3 is 1. The van der Waals surface area contributed by atoms with Crippen LogP contribution in [0, 0.1) is 0 Å². The number of aromatic nitrogens is 1. The van der Waals surface area contributed by atoms with Gasteiger partial charge in [-0.25, -0.2) is 4.79 Å². The summed E-state index contributed by atoms with van der Waals surface area (Å²) in [5.41, 5.74) is 7.52. The van der Waals surface area contributed by atoms with E-state index in [0.29, 0.717) is 11.6 Å². The molecule has 1 aromatic rings. The predicted octanol–water partition coefficient (Wildman–Crippen LogP) is 1.57. The molecule has 0 radical (unpaired) electrons. The van der Waals surface area contributed by atoms with Gasteiger partial charge in [0, 0.05) is 24.8 Å². The standard InChI is InChI=1S/C15H23N3O2/c1-11(16)14-5-3-4-8-18(14)10-13-7-6-12(9-17-13)15(19)20-2/h6-7,9,11,14H,3-5,8,10,16H2,1-2H3. The minimum Gasteiger partial charge on any atom is -0.465 e. The number of nitrogens with zero attached hydrogens (tertiary/aromatic N) is 2. The molecular formula is C15H23N3O2. The Labute approximate surface area is 120 Å². The van der Waals surface area contributed by atoms with Gasteiger partial charge in [0.15, 0.2) is 0 Å². The molecule has 2 atom stereocenters. The van der Waals surface area contributed by atoms with Gasteiger partial charge in [0.1, 0.15) is 0 Å². The molecule has 5 heteroatoms. The largest absolute Gasteiger partial charge is 0.465 e. The van der Waals surface area contributed by atoms with Gasteiger partial charge in [-0.1, -0.05) is 6.42 Å². The van der Waals surface area contributed by atoms with Crippen molar-refractivity contribution in [3.63, 3.8) is 0 Å². The van der Waals surface area contributed by atoms with Crippen LogP contribution in [0.1, 0.15) is 42.2 Å². The van der Waals surface area contributed by atoms with Crippen LogP contribution in [0.3, 0.4) is 0 Å². The molecule has 20 heavy (non-hydrogen) atoms. The molecule has 1 aromatic heterocycles. The third-order valence-electron chi connectivity index (χ3n) is 3.88. The Bertz CT molecular complexity index is 445. The van der Waals surface area contributed by atoms with Crippen molar-refractivity contribution in [1.29, 1.82) is 0 Å². The fourth-order valence-electron chi connectivity index (χ4n) is 2.77. The van der Waals surface area contributed by atoms with Gasteiger partial charge >= 0.3 is 5.97 Å². The third kappa shape index (κ3) is 3.55. The number of rotatable bonds is 4. The predicted molar refractivity (Wildman–Crippen MR) is 77.3 cm³/mol. The lowest BCUT2D eigenvalue weighted by atomic mass is 9.97. The maximum Gasteiger partial charge on any atom is 0.339 e. The van der Waals surface area contributed by atoms with Gasteiger partial charge in [0.05, 0.1) is 18.4 Å². The molecule has 2 rings (SSSR count). The van der Waals surface area contributed by atoms with Crippen LogP contribution < -0.4 is 5.73 Å². The van der Waals surface area contributed by atoms with E-state index in [9.17, 15) is 4.79 Å². The fraction of sp³-hybridized carbons (Fsp3) is 0.600. The van der Waals surface area contributed by atoms with E-state index < -0.39 is 0 Å². The zero-order chi connectivity index (χ0) is 14.5. The first-order chi connectivity index (χ1) is 9.61. The summed E-state index contributed by atoms with van der Waals surface area (Å²) in [7, 11) is 1.37. The van der Waals surface area contributed by atoms with Crippen molar-refractivity contribution in [2.24, 2.45) is 5.73 Å². The minimum atomic E-state index is -0.351. The SMILES string of the molecule is COC(=O)c1ccc(CN2CCCCC2C(C)N)nc1. The zero-order valence-electron chi connectivity index (χ0n) is 12.2. The number of hydrogen-bond donors (Lipinski definition) is 1. The average Bonchev–Trinajstić information content (AvgIpc) is 2.47. The monoisotopic (exact) mass is 277 g/mol. The highest BCUT2D eigenvalue weighted by Gasteiger charge is 2.25. The number of pyridine rings is 1. The summed E-state index contributed by atoms with van der Waals surface area (Å²) in [5, 5.41) is 0. The van der Waals surface area contributed by atoms with E-state index in [0.717, 1.165) is 25.2 Å². The van der Waals surface area contributed by atoms with Crippen LogP contribution in [0.25, 0.3) is 0 Å². The lowest BCUT2D eigenvalue weighted by molar-refractivity contribution is 0.0600. The number of nitrogens with two attached hydrogens (primary N) is 1. The summed E-state index contributed by atoms with van der Waals surface area (Å²) in [6.45, 7) is 3.91. The van der Waals surface area contributed by atoms with E-state index in [1.807, 2.05) is 6.07 Å². The smallest absolute Gasteiger partial charge is 0.339 e. The van der Waals surface area contributed by atoms with Gasteiger partial charge in [-0.15, -0.1) is 0 Å². The van der Waals surface area contributed by atoms with Gasteiger partial charge in [-0.2, -0.15) is 0 Å². The van der Waals surface area contributed by atoms with E-state index in [1.165, 1.54) is 20.0 Å². The first kappa shape index (κ1) is 14.9. The molecule has 0 amide bonds.